The number of halogens is 3. The highest BCUT2D eigenvalue weighted by Crippen LogP contribution is 2.26. The first-order valence-electron chi connectivity index (χ1n) is 8.74. The van der Waals surface area contributed by atoms with Gasteiger partial charge >= 0.3 is 12.4 Å². The van der Waals surface area contributed by atoms with Crippen LogP contribution in [-0.4, -0.2) is 36.8 Å². The van der Waals surface area contributed by atoms with E-state index in [0.717, 1.165) is 11.1 Å². The summed E-state index contributed by atoms with van der Waals surface area (Å²) in [4.78, 5) is 25.5. The van der Waals surface area contributed by atoms with Crippen molar-refractivity contribution in [1.29, 1.82) is 0 Å². The fourth-order valence-corrected chi connectivity index (χ4v) is 2.72. The molecule has 156 valence electrons. The second-order valence-electron chi connectivity index (χ2n) is 6.65. The number of alkyl halides is 3. The quantitative estimate of drug-likeness (QED) is 0.757. The van der Waals surface area contributed by atoms with E-state index in [1.165, 1.54) is 23.1 Å². The first kappa shape index (κ1) is 22.2. The van der Waals surface area contributed by atoms with Crippen molar-refractivity contribution in [2.45, 2.75) is 26.8 Å². The molecule has 2 aromatic carbocycles. The molecule has 29 heavy (non-hydrogen) atoms. The Labute approximate surface area is 166 Å². The third-order valence-corrected chi connectivity index (χ3v) is 3.94. The number of nitrogens with zero attached hydrogens (tertiary/aromatic N) is 1. The molecule has 9 heteroatoms. The average Bonchev–Trinajstić information content (AvgIpc) is 2.57. The monoisotopic (exact) mass is 409 g/mol. The number of rotatable bonds is 6. The van der Waals surface area contributed by atoms with Crippen LogP contribution in [0.4, 0.5) is 23.7 Å². The van der Waals surface area contributed by atoms with Crippen molar-refractivity contribution in [3.05, 3.63) is 59.2 Å². The van der Waals surface area contributed by atoms with E-state index in [1.54, 1.807) is 19.2 Å². The summed E-state index contributed by atoms with van der Waals surface area (Å²) in [7, 11) is 1.55. The number of nitrogens with one attached hydrogen (secondary N) is 2. The van der Waals surface area contributed by atoms with Gasteiger partial charge in [0.05, 0.1) is 6.54 Å². The number of para-hydroxylation sites is 1. The molecule has 2 N–H and O–H groups in total. The summed E-state index contributed by atoms with van der Waals surface area (Å²) in [5.74, 6) is -0.927. The Kier molecular flexibility index (Phi) is 7.22. The minimum absolute atomic E-state index is 0.0262. The highest BCUT2D eigenvalue weighted by molar-refractivity contribution is 6.02. The summed E-state index contributed by atoms with van der Waals surface area (Å²) in [5, 5.41) is 4.79. The van der Waals surface area contributed by atoms with Gasteiger partial charge in [-0.25, -0.2) is 4.79 Å². The van der Waals surface area contributed by atoms with Crippen molar-refractivity contribution in [2.24, 2.45) is 0 Å². The first-order valence-corrected chi connectivity index (χ1v) is 8.74. The number of carbonyl (C=O) groups is 2. The predicted octanol–water partition coefficient (Wildman–Crippen LogP) is 3.98. The fraction of sp³-hybridized carbons (Fsp3) is 0.300. The molecule has 0 aliphatic heterocycles. The van der Waals surface area contributed by atoms with Crippen LogP contribution in [0.5, 0.6) is 5.75 Å². The van der Waals surface area contributed by atoms with Crippen LogP contribution in [0, 0.1) is 13.8 Å². The molecule has 0 aliphatic rings. The maximum absolute atomic E-state index is 12.5. The van der Waals surface area contributed by atoms with Gasteiger partial charge in [0.1, 0.15) is 5.75 Å². The zero-order valence-corrected chi connectivity index (χ0v) is 16.3. The summed E-state index contributed by atoms with van der Waals surface area (Å²) in [6.45, 7) is 3.59. The zero-order valence-electron chi connectivity index (χ0n) is 16.3. The van der Waals surface area contributed by atoms with Crippen molar-refractivity contribution >= 4 is 17.6 Å². The third kappa shape index (κ3) is 7.46. The van der Waals surface area contributed by atoms with Gasteiger partial charge in [-0.3, -0.25) is 15.0 Å². The molecule has 0 heterocycles. The standard InChI is InChI=1S/C20H22F3N3O3/c1-13-8-9-16(14(2)10-13)24-19(28)25-18(27)12-26(3)11-15-6-4-5-7-17(15)29-20(21,22)23/h4-10H,11-12H2,1-3H3,(H2,24,25,27,28). The van der Waals surface area contributed by atoms with E-state index in [9.17, 15) is 22.8 Å². The van der Waals surface area contributed by atoms with Crippen molar-refractivity contribution in [2.75, 3.05) is 18.9 Å². The minimum Gasteiger partial charge on any atom is -0.405 e. The highest BCUT2D eigenvalue weighted by atomic mass is 19.4. The number of hydrogen-bond donors (Lipinski definition) is 2. The Morgan fingerprint density at radius 2 is 1.79 bits per heavy atom. The maximum Gasteiger partial charge on any atom is 0.573 e. The Bertz CT molecular complexity index is 885. The molecule has 2 rings (SSSR count). The number of anilines is 1. The first-order chi connectivity index (χ1) is 13.5. The molecule has 0 radical (unpaired) electrons. The third-order valence-electron chi connectivity index (χ3n) is 3.94. The number of urea groups is 1. The van der Waals surface area contributed by atoms with Crippen LogP contribution < -0.4 is 15.4 Å². The lowest BCUT2D eigenvalue weighted by atomic mass is 10.1. The van der Waals surface area contributed by atoms with Gasteiger partial charge in [-0.15, -0.1) is 13.2 Å². The predicted molar refractivity (Wildman–Crippen MR) is 103 cm³/mol. The van der Waals surface area contributed by atoms with E-state index in [2.05, 4.69) is 15.4 Å². The lowest BCUT2D eigenvalue weighted by Crippen LogP contribution is -2.40. The smallest absolute Gasteiger partial charge is 0.405 e. The zero-order chi connectivity index (χ0) is 21.6. The molecule has 0 saturated carbocycles. The van der Waals surface area contributed by atoms with Crippen LogP contribution in [0.2, 0.25) is 0 Å². The van der Waals surface area contributed by atoms with Crippen LogP contribution in [-0.2, 0) is 11.3 Å². The molecular formula is C20H22F3N3O3. The molecule has 2 aromatic rings. The lowest BCUT2D eigenvalue weighted by Gasteiger charge is -2.19. The van der Waals surface area contributed by atoms with E-state index in [4.69, 9.17) is 0 Å². The van der Waals surface area contributed by atoms with Crippen molar-refractivity contribution in [3.8, 4) is 5.75 Å². The van der Waals surface area contributed by atoms with Crippen LogP contribution in [0.25, 0.3) is 0 Å². The number of aryl methyl sites for hydroxylation is 2. The Hall–Kier alpha value is -3.07. The van der Waals surface area contributed by atoms with Crippen LogP contribution in [0.15, 0.2) is 42.5 Å². The van der Waals surface area contributed by atoms with Gasteiger partial charge in [-0.1, -0.05) is 35.9 Å². The molecule has 0 aliphatic carbocycles. The average molecular weight is 409 g/mol. The molecule has 0 saturated heterocycles. The van der Waals surface area contributed by atoms with Crippen LogP contribution in [0.1, 0.15) is 16.7 Å². The summed E-state index contributed by atoms with van der Waals surface area (Å²) in [6, 6.07) is 10.5. The lowest BCUT2D eigenvalue weighted by molar-refractivity contribution is -0.275. The molecule has 0 aromatic heterocycles. The summed E-state index contributed by atoms with van der Waals surface area (Å²) in [5.41, 5.74) is 2.74. The maximum atomic E-state index is 12.5. The van der Waals surface area contributed by atoms with E-state index in [-0.39, 0.29) is 24.4 Å². The largest absolute Gasteiger partial charge is 0.573 e. The molecular weight excluding hydrogens is 387 g/mol. The molecule has 6 nitrogen and oxygen atoms in total. The topological polar surface area (TPSA) is 70.7 Å². The number of imide groups is 1. The van der Waals surface area contributed by atoms with Gasteiger partial charge in [0.15, 0.2) is 0 Å². The summed E-state index contributed by atoms with van der Waals surface area (Å²) < 4.78 is 41.5. The number of likely N-dealkylation sites (N-methyl/N-ethyl adjacent to an activating group) is 1. The highest BCUT2D eigenvalue weighted by Gasteiger charge is 2.32. The molecule has 0 spiro atoms. The number of ether oxygens (including phenoxy) is 1. The van der Waals surface area contributed by atoms with Crippen LogP contribution >= 0.6 is 0 Å². The summed E-state index contributed by atoms with van der Waals surface area (Å²) in [6.07, 6.45) is -4.81. The SMILES string of the molecule is Cc1ccc(NC(=O)NC(=O)CN(C)Cc2ccccc2OC(F)(F)F)c(C)c1. The molecule has 0 atom stereocenters. The van der Waals surface area contributed by atoms with Gasteiger partial charge in [0.25, 0.3) is 0 Å². The second-order valence-corrected chi connectivity index (χ2v) is 6.65. The van der Waals surface area contributed by atoms with E-state index in [0.29, 0.717) is 5.69 Å². The van der Waals surface area contributed by atoms with E-state index < -0.39 is 18.3 Å². The molecule has 0 bridgehead atoms. The van der Waals surface area contributed by atoms with Gasteiger partial charge < -0.3 is 10.1 Å². The number of hydrogen-bond acceptors (Lipinski definition) is 4. The molecule has 0 fully saturated rings. The van der Waals surface area contributed by atoms with Gasteiger partial charge in [0, 0.05) is 17.8 Å². The van der Waals surface area contributed by atoms with E-state index in [1.807, 2.05) is 26.0 Å². The second kappa shape index (κ2) is 9.42. The number of amides is 3. The molecule has 3 amide bonds. The minimum atomic E-state index is -4.81. The van der Waals surface area contributed by atoms with Crippen molar-refractivity contribution in [3.63, 3.8) is 0 Å². The molecule has 0 unspecified atom stereocenters. The Morgan fingerprint density at radius 3 is 2.45 bits per heavy atom. The number of carbonyl (C=O) groups excluding carboxylic acids is 2. The van der Waals surface area contributed by atoms with Crippen LogP contribution in [0.3, 0.4) is 0 Å². The fourth-order valence-electron chi connectivity index (χ4n) is 2.72. The Balaban J connectivity index is 1.90. The van der Waals surface area contributed by atoms with Crippen molar-refractivity contribution < 1.29 is 27.5 Å². The number of benzene rings is 2. The van der Waals surface area contributed by atoms with Gasteiger partial charge in [-0.2, -0.15) is 0 Å². The van der Waals surface area contributed by atoms with Gasteiger partial charge in [-0.05, 0) is 38.6 Å². The van der Waals surface area contributed by atoms with Crippen molar-refractivity contribution in [1.82, 2.24) is 10.2 Å². The normalized spacial score (nSPS) is 11.3. The van der Waals surface area contributed by atoms with E-state index >= 15 is 0 Å². The summed E-state index contributed by atoms with van der Waals surface area (Å²) >= 11 is 0. The Morgan fingerprint density at radius 1 is 1.10 bits per heavy atom. The van der Waals surface area contributed by atoms with Gasteiger partial charge in [0.2, 0.25) is 5.91 Å².